The van der Waals surface area contributed by atoms with Crippen LogP contribution in [-0.2, 0) is 4.79 Å². The van der Waals surface area contributed by atoms with Gasteiger partial charge in [0, 0.05) is 36.5 Å². The molecule has 1 atom stereocenters. The summed E-state index contributed by atoms with van der Waals surface area (Å²) in [6.07, 6.45) is 3.61. The van der Waals surface area contributed by atoms with Gasteiger partial charge in [-0.3, -0.25) is 4.79 Å². The Morgan fingerprint density at radius 2 is 2.00 bits per heavy atom. The largest absolute Gasteiger partial charge is 0.493 e. The van der Waals surface area contributed by atoms with Gasteiger partial charge in [0.2, 0.25) is 5.91 Å². The molecule has 3 rings (SSSR count). The summed E-state index contributed by atoms with van der Waals surface area (Å²) in [5, 5.41) is 13.9. The van der Waals surface area contributed by atoms with Crippen LogP contribution in [0.2, 0.25) is 5.02 Å². The number of aryl methyl sites for hydroxylation is 2. The van der Waals surface area contributed by atoms with Crippen LogP contribution < -0.4 is 10.1 Å². The molecule has 2 N–H and O–H groups in total. The van der Waals surface area contributed by atoms with Crippen LogP contribution in [0.4, 0.5) is 0 Å². The van der Waals surface area contributed by atoms with Crippen molar-refractivity contribution in [3.8, 4) is 5.75 Å². The smallest absolute Gasteiger partial charge is 0.223 e. The topological polar surface area (TPSA) is 61.8 Å². The predicted molar refractivity (Wildman–Crippen MR) is 107 cm³/mol. The third-order valence-electron chi connectivity index (χ3n) is 5.86. The fourth-order valence-corrected chi connectivity index (χ4v) is 4.24. The van der Waals surface area contributed by atoms with Crippen molar-refractivity contribution in [2.45, 2.75) is 52.1 Å². The molecule has 1 aromatic rings. The summed E-state index contributed by atoms with van der Waals surface area (Å²) >= 11 is 6.26. The molecule has 1 amide bonds. The number of aliphatic hydroxyl groups excluding tert-OH is 1. The minimum absolute atomic E-state index is 0.178. The lowest BCUT2D eigenvalue weighted by molar-refractivity contribution is -0.136. The van der Waals surface area contributed by atoms with Crippen molar-refractivity contribution < 1.29 is 14.6 Å². The average molecular weight is 395 g/mol. The van der Waals surface area contributed by atoms with Crippen molar-refractivity contribution in [3.05, 3.63) is 28.3 Å². The molecule has 0 bridgehead atoms. The maximum atomic E-state index is 12.9. The molecule has 0 spiro atoms. The molecule has 2 saturated heterocycles. The van der Waals surface area contributed by atoms with Gasteiger partial charge in [0.15, 0.2) is 0 Å². The standard InChI is InChI=1S/C21H31ClN2O3/c1-15-10-18(11-16(2)20(15)22)27-14-21(6-3-7-23-13-21)12-19(26)24-8-4-17(25)5-9-24/h10-11,17,23,25H,3-9,12-14H2,1-2H3. The minimum atomic E-state index is -0.265. The number of amides is 1. The summed E-state index contributed by atoms with van der Waals surface area (Å²) in [6, 6.07) is 3.93. The van der Waals surface area contributed by atoms with Crippen LogP contribution in [0.25, 0.3) is 0 Å². The van der Waals surface area contributed by atoms with Crippen molar-refractivity contribution in [2.75, 3.05) is 32.8 Å². The molecule has 150 valence electrons. The van der Waals surface area contributed by atoms with Gasteiger partial charge in [0.1, 0.15) is 5.75 Å². The lowest BCUT2D eigenvalue weighted by atomic mass is 9.78. The zero-order chi connectivity index (χ0) is 19.4. The number of hydrogen-bond acceptors (Lipinski definition) is 4. The Kier molecular flexibility index (Phi) is 6.66. The van der Waals surface area contributed by atoms with E-state index in [1.165, 1.54) is 0 Å². The van der Waals surface area contributed by atoms with Gasteiger partial charge in [-0.2, -0.15) is 0 Å². The first-order valence-corrected chi connectivity index (χ1v) is 10.3. The molecule has 27 heavy (non-hydrogen) atoms. The van der Waals surface area contributed by atoms with Crippen molar-refractivity contribution >= 4 is 17.5 Å². The van der Waals surface area contributed by atoms with Crippen LogP contribution in [0.5, 0.6) is 5.75 Å². The van der Waals surface area contributed by atoms with Gasteiger partial charge in [-0.25, -0.2) is 0 Å². The third-order valence-corrected chi connectivity index (χ3v) is 6.46. The molecule has 6 heteroatoms. The summed E-state index contributed by atoms with van der Waals surface area (Å²) in [7, 11) is 0. The van der Waals surface area contributed by atoms with Crippen molar-refractivity contribution in [3.63, 3.8) is 0 Å². The van der Waals surface area contributed by atoms with Gasteiger partial charge in [-0.05, 0) is 69.3 Å². The Balaban J connectivity index is 1.66. The predicted octanol–water partition coefficient (Wildman–Crippen LogP) is 3.08. The molecule has 2 aliphatic rings. The number of ether oxygens (including phenoxy) is 1. The second kappa shape index (κ2) is 8.80. The Morgan fingerprint density at radius 3 is 2.59 bits per heavy atom. The van der Waals surface area contributed by atoms with E-state index in [4.69, 9.17) is 16.3 Å². The second-order valence-corrected chi connectivity index (χ2v) is 8.61. The van der Waals surface area contributed by atoms with Gasteiger partial charge in [0.05, 0.1) is 12.7 Å². The maximum absolute atomic E-state index is 12.9. The number of nitrogens with zero attached hydrogens (tertiary/aromatic N) is 1. The van der Waals surface area contributed by atoms with Gasteiger partial charge in [0.25, 0.3) is 0 Å². The highest BCUT2D eigenvalue weighted by Gasteiger charge is 2.37. The highest BCUT2D eigenvalue weighted by atomic mass is 35.5. The first-order chi connectivity index (χ1) is 12.9. The number of hydrogen-bond donors (Lipinski definition) is 2. The summed E-state index contributed by atoms with van der Waals surface area (Å²) in [5.41, 5.74) is 1.82. The van der Waals surface area contributed by atoms with E-state index in [-0.39, 0.29) is 17.4 Å². The lowest BCUT2D eigenvalue weighted by Crippen LogP contribution is -2.49. The van der Waals surface area contributed by atoms with Crippen LogP contribution in [-0.4, -0.2) is 54.8 Å². The number of benzene rings is 1. The third kappa shape index (κ3) is 5.15. The van der Waals surface area contributed by atoms with E-state index < -0.39 is 0 Å². The number of aliphatic hydroxyl groups is 1. The maximum Gasteiger partial charge on any atom is 0.223 e. The zero-order valence-corrected chi connectivity index (χ0v) is 17.1. The molecule has 1 unspecified atom stereocenters. The van der Waals surface area contributed by atoms with E-state index in [2.05, 4.69) is 5.32 Å². The van der Waals surface area contributed by atoms with Crippen molar-refractivity contribution in [2.24, 2.45) is 5.41 Å². The van der Waals surface area contributed by atoms with E-state index in [0.29, 0.717) is 39.0 Å². The van der Waals surface area contributed by atoms with Gasteiger partial charge in [-0.15, -0.1) is 0 Å². The van der Waals surface area contributed by atoms with Gasteiger partial charge in [-0.1, -0.05) is 11.6 Å². The van der Waals surface area contributed by atoms with E-state index >= 15 is 0 Å². The molecule has 0 aliphatic carbocycles. The van der Waals surface area contributed by atoms with Crippen LogP contribution >= 0.6 is 11.6 Å². The van der Waals surface area contributed by atoms with E-state index in [1.54, 1.807) is 0 Å². The summed E-state index contributed by atoms with van der Waals surface area (Å²) in [4.78, 5) is 14.8. The minimum Gasteiger partial charge on any atom is -0.493 e. The summed E-state index contributed by atoms with van der Waals surface area (Å²) in [6.45, 7) is 7.57. The number of carbonyl (C=O) groups is 1. The molecule has 2 fully saturated rings. The normalized spacial score (nSPS) is 24.1. The molecule has 0 saturated carbocycles. The van der Waals surface area contributed by atoms with Crippen molar-refractivity contribution in [1.29, 1.82) is 0 Å². The van der Waals surface area contributed by atoms with Gasteiger partial charge >= 0.3 is 0 Å². The van der Waals surface area contributed by atoms with E-state index in [9.17, 15) is 9.90 Å². The number of halogens is 1. The molecule has 1 aromatic carbocycles. The molecular weight excluding hydrogens is 364 g/mol. The van der Waals surface area contributed by atoms with Crippen molar-refractivity contribution in [1.82, 2.24) is 10.2 Å². The first kappa shape index (κ1) is 20.4. The molecule has 5 nitrogen and oxygen atoms in total. The Bertz CT molecular complexity index is 642. The Labute approximate surface area is 167 Å². The molecule has 0 radical (unpaired) electrons. The first-order valence-electron chi connectivity index (χ1n) is 9.95. The number of rotatable bonds is 5. The van der Waals surface area contributed by atoms with Crippen LogP contribution in [0.3, 0.4) is 0 Å². The number of carbonyl (C=O) groups excluding carboxylic acids is 1. The summed E-state index contributed by atoms with van der Waals surface area (Å²) in [5.74, 6) is 0.991. The second-order valence-electron chi connectivity index (χ2n) is 8.23. The van der Waals surface area contributed by atoms with E-state index in [1.807, 2.05) is 30.9 Å². The molecule has 2 heterocycles. The Hall–Kier alpha value is -1.30. The molecule has 0 aromatic heterocycles. The number of piperidine rings is 2. The molecular formula is C21H31ClN2O3. The number of nitrogens with one attached hydrogen (secondary N) is 1. The number of likely N-dealkylation sites (tertiary alicyclic amines) is 1. The zero-order valence-electron chi connectivity index (χ0n) is 16.4. The highest BCUT2D eigenvalue weighted by Crippen LogP contribution is 2.34. The van der Waals surface area contributed by atoms with Crippen LogP contribution in [0.15, 0.2) is 12.1 Å². The van der Waals surface area contributed by atoms with Crippen LogP contribution in [0, 0.1) is 19.3 Å². The molecule has 2 aliphatic heterocycles. The SMILES string of the molecule is Cc1cc(OCC2(CC(=O)N3CCC(O)CC3)CCCNC2)cc(C)c1Cl. The summed E-state index contributed by atoms with van der Waals surface area (Å²) < 4.78 is 6.16. The quantitative estimate of drug-likeness (QED) is 0.805. The Morgan fingerprint density at radius 1 is 1.33 bits per heavy atom. The fourth-order valence-electron chi connectivity index (χ4n) is 4.13. The van der Waals surface area contributed by atoms with Crippen LogP contribution in [0.1, 0.15) is 43.2 Å². The highest BCUT2D eigenvalue weighted by molar-refractivity contribution is 6.32. The lowest BCUT2D eigenvalue weighted by Gasteiger charge is -2.39. The monoisotopic (exact) mass is 394 g/mol. The van der Waals surface area contributed by atoms with Gasteiger partial charge < -0.3 is 20.1 Å². The fraction of sp³-hybridized carbons (Fsp3) is 0.667. The average Bonchev–Trinajstić information content (AvgIpc) is 2.65. The van der Waals surface area contributed by atoms with E-state index in [0.717, 1.165) is 47.8 Å².